The van der Waals surface area contributed by atoms with Crippen molar-refractivity contribution in [3.05, 3.63) is 23.4 Å². The van der Waals surface area contributed by atoms with Crippen LogP contribution in [0.2, 0.25) is 0 Å². The van der Waals surface area contributed by atoms with Gasteiger partial charge in [0.05, 0.1) is 0 Å². The van der Waals surface area contributed by atoms with Gasteiger partial charge in [0.15, 0.2) is 0 Å². The van der Waals surface area contributed by atoms with E-state index in [-0.39, 0.29) is 0 Å². The standard InChI is InChI=1S/C16H26N2O/c1-11-5-6-15(7-12(11)2)19-16-9-14(10-17-4)8-13(3)18-16/h8-9,11-12,15,17H,5-7,10H2,1-4H3. The molecular formula is C16H26N2O. The highest BCUT2D eigenvalue weighted by Gasteiger charge is 2.26. The van der Waals surface area contributed by atoms with Gasteiger partial charge in [-0.25, -0.2) is 4.98 Å². The summed E-state index contributed by atoms with van der Waals surface area (Å²) in [5.41, 5.74) is 2.27. The SMILES string of the molecule is CNCc1cc(C)nc(OC2CCC(C)C(C)C2)c1. The smallest absolute Gasteiger partial charge is 0.214 e. The van der Waals surface area contributed by atoms with Crippen LogP contribution in [0.1, 0.15) is 44.4 Å². The van der Waals surface area contributed by atoms with Crippen molar-refractivity contribution < 1.29 is 4.74 Å². The highest BCUT2D eigenvalue weighted by Crippen LogP contribution is 2.31. The van der Waals surface area contributed by atoms with Gasteiger partial charge in [-0.15, -0.1) is 0 Å². The van der Waals surface area contributed by atoms with Crippen LogP contribution in [0.15, 0.2) is 12.1 Å². The molecule has 0 saturated heterocycles. The number of nitrogens with one attached hydrogen (secondary N) is 1. The molecule has 1 N–H and O–H groups in total. The van der Waals surface area contributed by atoms with Crippen molar-refractivity contribution in [2.45, 2.75) is 52.7 Å². The topological polar surface area (TPSA) is 34.2 Å². The molecule has 1 saturated carbocycles. The Hall–Kier alpha value is -1.09. The molecule has 106 valence electrons. The third kappa shape index (κ3) is 3.93. The number of aryl methyl sites for hydroxylation is 1. The number of ether oxygens (including phenoxy) is 1. The zero-order valence-electron chi connectivity index (χ0n) is 12.6. The Balaban J connectivity index is 2.02. The van der Waals surface area contributed by atoms with Gasteiger partial charge in [0.1, 0.15) is 6.10 Å². The van der Waals surface area contributed by atoms with Gasteiger partial charge in [0, 0.05) is 18.3 Å². The third-order valence-electron chi connectivity index (χ3n) is 4.21. The minimum atomic E-state index is 0.336. The van der Waals surface area contributed by atoms with Crippen molar-refractivity contribution >= 4 is 0 Å². The van der Waals surface area contributed by atoms with E-state index in [2.05, 4.69) is 36.3 Å². The fourth-order valence-corrected chi connectivity index (χ4v) is 2.85. The molecule has 2 rings (SSSR count). The molecule has 0 aromatic carbocycles. The van der Waals surface area contributed by atoms with E-state index in [1.165, 1.54) is 12.0 Å². The maximum absolute atomic E-state index is 6.10. The largest absolute Gasteiger partial charge is 0.474 e. The first-order valence-corrected chi connectivity index (χ1v) is 7.37. The first-order chi connectivity index (χ1) is 9.08. The van der Waals surface area contributed by atoms with Gasteiger partial charge in [-0.05, 0) is 56.7 Å². The van der Waals surface area contributed by atoms with Gasteiger partial charge in [0.2, 0.25) is 5.88 Å². The van der Waals surface area contributed by atoms with Crippen LogP contribution in [0.3, 0.4) is 0 Å². The second kappa shape index (κ2) is 6.38. The van der Waals surface area contributed by atoms with E-state index in [4.69, 9.17) is 4.74 Å². The number of hydrogen-bond acceptors (Lipinski definition) is 3. The highest BCUT2D eigenvalue weighted by molar-refractivity contribution is 5.24. The van der Waals surface area contributed by atoms with Gasteiger partial charge < -0.3 is 10.1 Å². The van der Waals surface area contributed by atoms with E-state index in [0.29, 0.717) is 6.10 Å². The van der Waals surface area contributed by atoms with Crippen LogP contribution in [0.25, 0.3) is 0 Å². The van der Waals surface area contributed by atoms with Crippen LogP contribution in [-0.4, -0.2) is 18.1 Å². The molecule has 1 aliphatic carbocycles. The lowest BCUT2D eigenvalue weighted by atomic mass is 9.80. The Morgan fingerprint density at radius 3 is 2.74 bits per heavy atom. The Morgan fingerprint density at radius 2 is 2.05 bits per heavy atom. The molecule has 1 heterocycles. The van der Waals surface area contributed by atoms with Crippen LogP contribution in [0, 0.1) is 18.8 Å². The van der Waals surface area contributed by atoms with Crippen molar-refractivity contribution in [2.24, 2.45) is 11.8 Å². The van der Waals surface area contributed by atoms with E-state index in [1.54, 1.807) is 0 Å². The van der Waals surface area contributed by atoms with Crippen molar-refractivity contribution in [1.82, 2.24) is 10.3 Å². The molecule has 1 aromatic heterocycles. The summed E-state index contributed by atoms with van der Waals surface area (Å²) in [7, 11) is 1.96. The minimum absolute atomic E-state index is 0.336. The van der Waals surface area contributed by atoms with Crippen LogP contribution in [0.4, 0.5) is 0 Å². The second-order valence-electron chi connectivity index (χ2n) is 5.99. The van der Waals surface area contributed by atoms with Crippen molar-refractivity contribution in [1.29, 1.82) is 0 Å². The Bertz CT molecular complexity index is 419. The highest BCUT2D eigenvalue weighted by atomic mass is 16.5. The fourth-order valence-electron chi connectivity index (χ4n) is 2.85. The van der Waals surface area contributed by atoms with E-state index in [9.17, 15) is 0 Å². The van der Waals surface area contributed by atoms with E-state index >= 15 is 0 Å². The molecule has 1 aliphatic rings. The predicted molar refractivity (Wildman–Crippen MR) is 78.3 cm³/mol. The lowest BCUT2D eigenvalue weighted by Crippen LogP contribution is -2.29. The van der Waals surface area contributed by atoms with Gasteiger partial charge in [-0.2, -0.15) is 0 Å². The van der Waals surface area contributed by atoms with Crippen LogP contribution in [-0.2, 0) is 6.54 Å². The van der Waals surface area contributed by atoms with Gasteiger partial charge >= 0.3 is 0 Å². The fraction of sp³-hybridized carbons (Fsp3) is 0.688. The summed E-state index contributed by atoms with van der Waals surface area (Å²) in [5.74, 6) is 2.36. The average molecular weight is 262 g/mol. The molecule has 3 nitrogen and oxygen atoms in total. The van der Waals surface area contributed by atoms with Crippen LogP contribution in [0.5, 0.6) is 5.88 Å². The van der Waals surface area contributed by atoms with E-state index < -0.39 is 0 Å². The molecule has 0 amide bonds. The zero-order chi connectivity index (χ0) is 13.8. The quantitative estimate of drug-likeness (QED) is 0.904. The Morgan fingerprint density at radius 1 is 1.26 bits per heavy atom. The van der Waals surface area contributed by atoms with Gasteiger partial charge in [-0.3, -0.25) is 0 Å². The van der Waals surface area contributed by atoms with Crippen molar-refractivity contribution in [2.75, 3.05) is 7.05 Å². The number of rotatable bonds is 4. The molecule has 0 bridgehead atoms. The molecule has 1 aromatic rings. The number of pyridine rings is 1. The summed E-state index contributed by atoms with van der Waals surface area (Å²) in [6.07, 6.45) is 3.91. The molecule has 0 radical (unpaired) electrons. The predicted octanol–water partition coefficient (Wildman–Crippen LogP) is 3.31. The lowest BCUT2D eigenvalue weighted by molar-refractivity contribution is 0.0962. The molecular weight excluding hydrogens is 236 g/mol. The van der Waals surface area contributed by atoms with Crippen molar-refractivity contribution in [3.63, 3.8) is 0 Å². The summed E-state index contributed by atoms with van der Waals surface area (Å²) < 4.78 is 6.10. The summed E-state index contributed by atoms with van der Waals surface area (Å²) >= 11 is 0. The van der Waals surface area contributed by atoms with Crippen LogP contribution >= 0.6 is 0 Å². The first kappa shape index (κ1) is 14.3. The lowest BCUT2D eigenvalue weighted by Gasteiger charge is -2.32. The molecule has 3 atom stereocenters. The molecule has 0 spiro atoms. The first-order valence-electron chi connectivity index (χ1n) is 7.37. The normalized spacial score (nSPS) is 27.3. The maximum Gasteiger partial charge on any atom is 0.214 e. The third-order valence-corrected chi connectivity index (χ3v) is 4.21. The van der Waals surface area contributed by atoms with E-state index in [0.717, 1.165) is 42.8 Å². The molecule has 19 heavy (non-hydrogen) atoms. The minimum Gasteiger partial charge on any atom is -0.474 e. The Kier molecular flexibility index (Phi) is 4.81. The van der Waals surface area contributed by atoms with Crippen molar-refractivity contribution in [3.8, 4) is 5.88 Å². The van der Waals surface area contributed by atoms with Gasteiger partial charge in [0.25, 0.3) is 0 Å². The summed E-state index contributed by atoms with van der Waals surface area (Å²) in [6, 6.07) is 4.17. The Labute approximate surface area is 116 Å². The number of nitrogens with zero attached hydrogens (tertiary/aromatic N) is 1. The molecule has 1 fully saturated rings. The number of aromatic nitrogens is 1. The molecule has 3 heteroatoms. The summed E-state index contributed by atoms with van der Waals surface area (Å²) in [6.45, 7) is 7.56. The van der Waals surface area contributed by atoms with Crippen LogP contribution < -0.4 is 10.1 Å². The average Bonchev–Trinajstić information content (AvgIpc) is 2.33. The summed E-state index contributed by atoms with van der Waals surface area (Å²) in [4.78, 5) is 4.50. The molecule has 0 aliphatic heterocycles. The second-order valence-corrected chi connectivity index (χ2v) is 5.99. The van der Waals surface area contributed by atoms with E-state index in [1.807, 2.05) is 14.0 Å². The monoisotopic (exact) mass is 262 g/mol. The molecule has 3 unspecified atom stereocenters. The zero-order valence-corrected chi connectivity index (χ0v) is 12.6. The maximum atomic E-state index is 6.10. The summed E-state index contributed by atoms with van der Waals surface area (Å²) in [5, 5.41) is 3.17. The number of hydrogen-bond donors (Lipinski definition) is 1. The van der Waals surface area contributed by atoms with Gasteiger partial charge in [-0.1, -0.05) is 13.8 Å².